The second-order valence-electron chi connectivity index (χ2n) is 8.23. The fourth-order valence-corrected chi connectivity index (χ4v) is 4.82. The van der Waals surface area contributed by atoms with E-state index in [9.17, 15) is 10.1 Å². The Bertz CT molecular complexity index is 1300. The largest absolute Gasteiger partial charge is 0.420 e. The van der Waals surface area contributed by atoms with E-state index in [1.807, 2.05) is 62.4 Å². The third-order valence-corrected chi connectivity index (χ3v) is 6.25. The molecule has 2 aliphatic heterocycles. The fourth-order valence-electron chi connectivity index (χ4n) is 4.82. The first-order valence-electron chi connectivity index (χ1n) is 10.6. The Labute approximate surface area is 186 Å². The van der Waals surface area contributed by atoms with E-state index >= 15 is 0 Å². The molecule has 1 atom stereocenters. The average molecular weight is 425 g/mol. The van der Waals surface area contributed by atoms with Crippen molar-refractivity contribution in [2.75, 3.05) is 4.90 Å². The highest BCUT2D eigenvalue weighted by atomic mass is 16.5. The number of hydrogen-bond donors (Lipinski definition) is 2. The van der Waals surface area contributed by atoms with Crippen LogP contribution in [-0.2, 0) is 23.2 Å². The summed E-state index contributed by atoms with van der Waals surface area (Å²) in [6.07, 6.45) is 1.51. The third kappa shape index (κ3) is 2.59. The number of nitriles is 1. The number of nitrogens with zero attached hydrogens (tertiary/aromatic N) is 3. The summed E-state index contributed by atoms with van der Waals surface area (Å²) < 4.78 is 5.70. The molecule has 0 saturated carbocycles. The number of benzene rings is 2. The number of aromatic amines is 1. The van der Waals surface area contributed by atoms with E-state index in [0.29, 0.717) is 18.5 Å². The quantitative estimate of drug-likeness (QED) is 0.664. The van der Waals surface area contributed by atoms with Gasteiger partial charge in [-0.15, -0.1) is 5.10 Å². The van der Waals surface area contributed by atoms with Crippen molar-refractivity contribution in [2.45, 2.75) is 38.6 Å². The molecule has 0 bridgehead atoms. The lowest BCUT2D eigenvalue weighted by atomic mass is 9.68. The van der Waals surface area contributed by atoms with Crippen molar-refractivity contribution < 1.29 is 9.53 Å². The maximum absolute atomic E-state index is 14.3. The van der Waals surface area contributed by atoms with Crippen LogP contribution in [-0.4, -0.2) is 16.1 Å². The zero-order valence-corrected chi connectivity index (χ0v) is 18.0. The molecule has 0 aliphatic carbocycles. The Hall–Kier alpha value is -4.05. The van der Waals surface area contributed by atoms with Crippen LogP contribution >= 0.6 is 0 Å². The van der Waals surface area contributed by atoms with Crippen LogP contribution < -0.4 is 15.4 Å². The van der Waals surface area contributed by atoms with Crippen molar-refractivity contribution in [3.05, 3.63) is 87.9 Å². The van der Waals surface area contributed by atoms with E-state index < -0.39 is 5.41 Å². The zero-order valence-electron chi connectivity index (χ0n) is 18.0. The summed E-state index contributed by atoms with van der Waals surface area (Å²) in [5, 5.41) is 17.5. The number of amides is 1. The van der Waals surface area contributed by atoms with Gasteiger partial charge in [-0.3, -0.25) is 9.89 Å². The Kier molecular flexibility index (Phi) is 4.52. The number of aromatic nitrogens is 2. The summed E-state index contributed by atoms with van der Waals surface area (Å²) >= 11 is 0. The molecule has 32 heavy (non-hydrogen) atoms. The van der Waals surface area contributed by atoms with Crippen LogP contribution in [0.2, 0.25) is 0 Å². The van der Waals surface area contributed by atoms with Gasteiger partial charge < -0.3 is 15.4 Å². The summed E-state index contributed by atoms with van der Waals surface area (Å²) in [6.45, 7) is 4.46. The first-order chi connectivity index (χ1) is 15.5. The molecule has 1 aromatic heterocycles. The van der Waals surface area contributed by atoms with Crippen molar-refractivity contribution in [3.8, 4) is 11.9 Å². The van der Waals surface area contributed by atoms with Gasteiger partial charge in [0.2, 0.25) is 17.7 Å². The second-order valence-corrected chi connectivity index (χ2v) is 8.23. The summed E-state index contributed by atoms with van der Waals surface area (Å²) in [5.41, 5.74) is 9.91. The van der Waals surface area contributed by atoms with Gasteiger partial charge in [0.15, 0.2) is 0 Å². The van der Waals surface area contributed by atoms with Crippen LogP contribution in [0.4, 0.5) is 5.69 Å². The van der Waals surface area contributed by atoms with Crippen LogP contribution in [0, 0.1) is 18.3 Å². The number of H-pyrrole nitrogens is 1. The molecular weight excluding hydrogens is 402 g/mol. The molecule has 3 heterocycles. The number of ether oxygens (including phenoxy) is 1. The highest BCUT2D eigenvalue weighted by Crippen LogP contribution is 2.56. The van der Waals surface area contributed by atoms with Crippen molar-refractivity contribution in [2.24, 2.45) is 5.73 Å². The first kappa shape index (κ1) is 19.9. The Balaban J connectivity index is 1.77. The number of carbonyl (C=O) groups is 1. The molecule has 3 N–H and O–H groups in total. The minimum absolute atomic E-state index is 0.0881. The van der Waals surface area contributed by atoms with Gasteiger partial charge in [-0.1, -0.05) is 61.4 Å². The minimum Gasteiger partial charge on any atom is -0.420 e. The Morgan fingerprint density at radius 3 is 2.69 bits per heavy atom. The summed E-state index contributed by atoms with van der Waals surface area (Å²) in [4.78, 5) is 16.1. The number of nitrogens with one attached hydrogen (secondary N) is 1. The normalized spacial score (nSPS) is 19.0. The molecule has 1 amide bonds. The first-order valence-corrected chi connectivity index (χ1v) is 10.6. The smallest absolute Gasteiger partial charge is 0.248 e. The fraction of sp³-hybridized carbons (Fsp3) is 0.240. The predicted octanol–water partition coefficient (Wildman–Crippen LogP) is 3.59. The molecule has 0 fully saturated rings. The highest BCUT2D eigenvalue weighted by molar-refractivity contribution is 6.14. The van der Waals surface area contributed by atoms with Crippen LogP contribution in [0.3, 0.4) is 0 Å². The Morgan fingerprint density at radius 2 is 1.97 bits per heavy atom. The second kappa shape index (κ2) is 7.27. The third-order valence-electron chi connectivity index (χ3n) is 6.25. The van der Waals surface area contributed by atoms with E-state index in [4.69, 9.17) is 10.5 Å². The van der Waals surface area contributed by atoms with E-state index in [0.717, 1.165) is 34.5 Å². The molecule has 5 rings (SSSR count). The van der Waals surface area contributed by atoms with E-state index in [2.05, 4.69) is 16.3 Å². The lowest BCUT2D eigenvalue weighted by molar-refractivity contribution is -0.121. The van der Waals surface area contributed by atoms with Gasteiger partial charge >= 0.3 is 0 Å². The molecule has 2 aromatic carbocycles. The maximum atomic E-state index is 14.3. The Morgan fingerprint density at radius 1 is 1.22 bits per heavy atom. The molecule has 7 nitrogen and oxygen atoms in total. The van der Waals surface area contributed by atoms with Gasteiger partial charge in [-0.05, 0) is 25.0 Å². The number of carbonyl (C=O) groups excluding carboxylic acids is 1. The van der Waals surface area contributed by atoms with Crippen molar-refractivity contribution in [1.29, 1.82) is 5.26 Å². The highest BCUT2D eigenvalue weighted by Gasteiger charge is 2.60. The molecule has 160 valence electrons. The van der Waals surface area contributed by atoms with Gasteiger partial charge in [0.25, 0.3) is 0 Å². The van der Waals surface area contributed by atoms with E-state index in [1.165, 1.54) is 0 Å². The number of anilines is 1. The van der Waals surface area contributed by atoms with Crippen LogP contribution in [0.5, 0.6) is 5.88 Å². The molecule has 0 radical (unpaired) electrons. The molecule has 0 unspecified atom stereocenters. The van der Waals surface area contributed by atoms with Crippen molar-refractivity contribution >= 4 is 11.6 Å². The number of rotatable bonds is 4. The lowest BCUT2D eigenvalue weighted by Crippen LogP contribution is -2.46. The number of hydrogen-bond acceptors (Lipinski definition) is 5. The monoisotopic (exact) mass is 425 g/mol. The zero-order chi connectivity index (χ0) is 22.5. The molecule has 3 aromatic rings. The van der Waals surface area contributed by atoms with Crippen molar-refractivity contribution in [1.82, 2.24) is 10.2 Å². The topological polar surface area (TPSA) is 108 Å². The SMILES string of the molecule is CCCc1[nH]nc2c1[C@@]1(C(=O)N(Cc3ccc(C)cc3)c3ccccc31)C(C#N)=C(N)O2. The standard InChI is InChI=1S/C25H23N5O2/c1-3-6-19-21-23(29-28-19)32-22(27)18(13-26)25(21)17-7-4-5-8-20(17)30(24(25)31)14-16-11-9-15(2)10-12-16/h4-5,7-12H,3,6,14,27H2,1-2H3,(H,28,29)/t25-/m0/s1. The summed E-state index contributed by atoms with van der Waals surface area (Å²) in [6, 6.07) is 17.9. The maximum Gasteiger partial charge on any atom is 0.248 e. The van der Waals surface area contributed by atoms with Crippen LogP contribution in [0.1, 0.15) is 41.3 Å². The van der Waals surface area contributed by atoms with Gasteiger partial charge in [-0.25, -0.2) is 0 Å². The predicted molar refractivity (Wildman–Crippen MR) is 120 cm³/mol. The molecule has 7 heteroatoms. The van der Waals surface area contributed by atoms with E-state index in [-0.39, 0.29) is 23.2 Å². The molecule has 2 aliphatic rings. The summed E-state index contributed by atoms with van der Waals surface area (Å²) in [7, 11) is 0. The van der Waals surface area contributed by atoms with Crippen molar-refractivity contribution in [3.63, 3.8) is 0 Å². The van der Waals surface area contributed by atoms with Gasteiger partial charge in [-0.2, -0.15) is 5.26 Å². The number of para-hydroxylation sites is 1. The van der Waals surface area contributed by atoms with Gasteiger partial charge in [0.1, 0.15) is 17.1 Å². The average Bonchev–Trinajstić information content (AvgIpc) is 3.29. The van der Waals surface area contributed by atoms with Gasteiger partial charge in [0.05, 0.1) is 12.1 Å². The van der Waals surface area contributed by atoms with E-state index in [1.54, 1.807) is 4.90 Å². The summed E-state index contributed by atoms with van der Waals surface area (Å²) in [5.74, 6) is -0.0535. The molecule has 1 spiro atoms. The lowest BCUT2D eigenvalue weighted by Gasteiger charge is -2.32. The van der Waals surface area contributed by atoms with Crippen LogP contribution in [0.25, 0.3) is 0 Å². The number of fused-ring (bicyclic) bond motifs is 4. The minimum atomic E-state index is -1.38. The molecule has 0 saturated heterocycles. The van der Waals surface area contributed by atoms with Gasteiger partial charge in [0, 0.05) is 16.9 Å². The van der Waals surface area contributed by atoms with Crippen LogP contribution in [0.15, 0.2) is 60.0 Å². The number of nitrogens with two attached hydrogens (primary N) is 1. The number of aryl methyl sites for hydroxylation is 2. The molecular formula is C25H23N5O2.